The predicted molar refractivity (Wildman–Crippen MR) is 77.2 cm³/mol. The summed E-state index contributed by atoms with van der Waals surface area (Å²) in [7, 11) is 1.98. The van der Waals surface area contributed by atoms with Gasteiger partial charge in [0.15, 0.2) is 0 Å². The van der Waals surface area contributed by atoms with Gasteiger partial charge in [0.1, 0.15) is 0 Å². The van der Waals surface area contributed by atoms with Crippen LogP contribution in [0.3, 0.4) is 0 Å². The summed E-state index contributed by atoms with van der Waals surface area (Å²) in [5.41, 5.74) is 1.10. The van der Waals surface area contributed by atoms with E-state index in [0.717, 1.165) is 18.8 Å². The van der Waals surface area contributed by atoms with Crippen LogP contribution >= 0.6 is 0 Å². The molecule has 1 atom stereocenters. The van der Waals surface area contributed by atoms with Gasteiger partial charge < -0.3 is 9.30 Å². The van der Waals surface area contributed by atoms with E-state index < -0.39 is 0 Å². The molecule has 0 aromatic carbocycles. The third kappa shape index (κ3) is 3.82. The lowest BCUT2D eigenvalue weighted by atomic mass is 10.1. The van der Waals surface area contributed by atoms with E-state index >= 15 is 0 Å². The zero-order chi connectivity index (χ0) is 14.4. The first-order chi connectivity index (χ1) is 9.72. The average Bonchev–Trinajstić information content (AvgIpc) is 2.68. The highest BCUT2D eigenvalue weighted by atomic mass is 16.5. The molecule has 1 unspecified atom stereocenters. The van der Waals surface area contributed by atoms with Crippen LogP contribution in [0.2, 0.25) is 0 Å². The molecule has 20 heavy (non-hydrogen) atoms. The molecule has 1 fully saturated rings. The molecule has 0 N–H and O–H groups in total. The molecular formula is C15H25N3O2. The van der Waals surface area contributed by atoms with Gasteiger partial charge in [0.2, 0.25) is 0 Å². The lowest BCUT2D eigenvalue weighted by molar-refractivity contribution is -0.144. The van der Waals surface area contributed by atoms with Crippen molar-refractivity contribution in [1.29, 1.82) is 0 Å². The van der Waals surface area contributed by atoms with Gasteiger partial charge in [-0.1, -0.05) is 12.8 Å². The Morgan fingerprint density at radius 2 is 2.05 bits per heavy atom. The minimum atomic E-state index is -0.122. The van der Waals surface area contributed by atoms with Crippen molar-refractivity contribution in [3.8, 4) is 0 Å². The van der Waals surface area contributed by atoms with Crippen LogP contribution in [0, 0.1) is 0 Å². The fourth-order valence-electron chi connectivity index (χ4n) is 2.89. The molecule has 1 aliphatic heterocycles. The molecular weight excluding hydrogens is 254 g/mol. The summed E-state index contributed by atoms with van der Waals surface area (Å²) in [4.78, 5) is 18.5. The molecule has 1 aliphatic rings. The van der Waals surface area contributed by atoms with Crippen LogP contribution in [-0.4, -0.2) is 40.1 Å². The maximum absolute atomic E-state index is 11.9. The lowest BCUT2D eigenvalue weighted by Gasteiger charge is -2.30. The number of hydrogen-bond acceptors (Lipinski definition) is 4. The fourth-order valence-corrected chi connectivity index (χ4v) is 2.89. The number of nitrogens with zero attached hydrogens (tertiary/aromatic N) is 3. The van der Waals surface area contributed by atoms with Crippen molar-refractivity contribution >= 4 is 5.97 Å². The average molecular weight is 279 g/mol. The molecule has 5 nitrogen and oxygen atoms in total. The van der Waals surface area contributed by atoms with Crippen molar-refractivity contribution in [2.45, 2.75) is 45.1 Å². The number of imidazole rings is 1. The maximum atomic E-state index is 11.9. The first-order valence-electron chi connectivity index (χ1n) is 7.58. The van der Waals surface area contributed by atoms with Crippen molar-refractivity contribution in [2.24, 2.45) is 7.05 Å². The normalized spacial score (nSPS) is 18.5. The summed E-state index contributed by atoms with van der Waals surface area (Å²) < 4.78 is 7.15. The lowest BCUT2D eigenvalue weighted by Crippen LogP contribution is -2.33. The van der Waals surface area contributed by atoms with Crippen LogP contribution < -0.4 is 0 Å². The molecule has 1 aromatic rings. The molecule has 0 bridgehead atoms. The highest BCUT2D eigenvalue weighted by Gasteiger charge is 2.26. The van der Waals surface area contributed by atoms with Crippen molar-refractivity contribution in [3.63, 3.8) is 0 Å². The van der Waals surface area contributed by atoms with Gasteiger partial charge in [0.25, 0.3) is 0 Å². The number of aromatic nitrogens is 2. The summed E-state index contributed by atoms with van der Waals surface area (Å²) in [5.74, 6) is -0.122. The van der Waals surface area contributed by atoms with Gasteiger partial charge in [0, 0.05) is 13.2 Å². The number of hydrogen-bond donors (Lipinski definition) is 0. The Hall–Kier alpha value is -1.36. The molecule has 112 valence electrons. The standard InChI is InChI=1S/C15H25N3O2/c1-3-20-15(19)10-13(14-11-16-12-17(14)2)18-8-6-4-5-7-9-18/h11-13H,3-10H2,1-2H3. The fraction of sp³-hybridized carbons (Fsp3) is 0.733. The number of likely N-dealkylation sites (tertiary alicyclic amines) is 1. The van der Waals surface area contributed by atoms with Gasteiger partial charge in [-0.25, -0.2) is 4.98 Å². The van der Waals surface area contributed by atoms with Crippen LogP contribution in [0.1, 0.15) is 50.8 Å². The van der Waals surface area contributed by atoms with Crippen LogP contribution in [0.15, 0.2) is 12.5 Å². The molecule has 2 rings (SSSR count). The van der Waals surface area contributed by atoms with Crippen LogP contribution in [-0.2, 0) is 16.6 Å². The molecule has 0 spiro atoms. The molecule has 5 heteroatoms. The Bertz CT molecular complexity index is 423. The van der Waals surface area contributed by atoms with Gasteiger partial charge in [-0.3, -0.25) is 9.69 Å². The monoisotopic (exact) mass is 279 g/mol. The highest BCUT2D eigenvalue weighted by molar-refractivity contribution is 5.70. The maximum Gasteiger partial charge on any atom is 0.307 e. The summed E-state index contributed by atoms with van der Waals surface area (Å²) in [6.45, 7) is 4.39. The van der Waals surface area contributed by atoms with Gasteiger partial charge >= 0.3 is 5.97 Å². The Labute approximate surface area is 120 Å². The molecule has 1 saturated heterocycles. The highest BCUT2D eigenvalue weighted by Crippen LogP contribution is 2.27. The third-order valence-electron chi connectivity index (χ3n) is 3.94. The van der Waals surface area contributed by atoms with E-state index in [0.29, 0.717) is 13.0 Å². The molecule has 0 radical (unpaired) electrons. The second-order valence-electron chi connectivity index (χ2n) is 5.40. The first-order valence-corrected chi connectivity index (χ1v) is 7.58. The molecule has 2 heterocycles. The Balaban J connectivity index is 2.14. The Morgan fingerprint density at radius 1 is 1.35 bits per heavy atom. The van der Waals surface area contributed by atoms with Crippen LogP contribution in [0.5, 0.6) is 0 Å². The summed E-state index contributed by atoms with van der Waals surface area (Å²) in [5, 5.41) is 0. The number of aryl methyl sites for hydroxylation is 1. The first kappa shape index (κ1) is 15.0. The second kappa shape index (κ2) is 7.43. The largest absolute Gasteiger partial charge is 0.466 e. The van der Waals surface area contributed by atoms with E-state index in [1.165, 1.54) is 25.7 Å². The topological polar surface area (TPSA) is 47.4 Å². The van der Waals surface area contributed by atoms with E-state index in [1.807, 2.05) is 24.7 Å². The molecule has 0 aliphatic carbocycles. The zero-order valence-electron chi connectivity index (χ0n) is 12.5. The Kier molecular flexibility index (Phi) is 5.59. The molecule has 1 aromatic heterocycles. The van der Waals surface area contributed by atoms with Gasteiger partial charge in [-0.05, 0) is 32.9 Å². The van der Waals surface area contributed by atoms with Gasteiger partial charge in [0.05, 0.1) is 31.1 Å². The number of esters is 1. The van der Waals surface area contributed by atoms with Crippen molar-refractivity contribution in [3.05, 3.63) is 18.2 Å². The zero-order valence-corrected chi connectivity index (χ0v) is 12.5. The van der Waals surface area contributed by atoms with E-state index in [2.05, 4.69) is 9.88 Å². The molecule has 0 amide bonds. The van der Waals surface area contributed by atoms with E-state index in [1.54, 1.807) is 6.33 Å². The summed E-state index contributed by atoms with van der Waals surface area (Å²) >= 11 is 0. The van der Waals surface area contributed by atoms with Crippen LogP contribution in [0.25, 0.3) is 0 Å². The quantitative estimate of drug-likeness (QED) is 0.776. The molecule has 0 saturated carbocycles. The summed E-state index contributed by atoms with van der Waals surface area (Å²) in [6.07, 6.45) is 9.06. The number of rotatable bonds is 5. The number of carbonyl (C=O) groups excluding carboxylic acids is 1. The Morgan fingerprint density at radius 3 is 2.60 bits per heavy atom. The van der Waals surface area contributed by atoms with Crippen LogP contribution in [0.4, 0.5) is 0 Å². The van der Waals surface area contributed by atoms with Gasteiger partial charge in [-0.15, -0.1) is 0 Å². The van der Waals surface area contributed by atoms with E-state index in [4.69, 9.17) is 4.74 Å². The predicted octanol–water partition coefficient (Wildman–Crippen LogP) is 2.29. The second-order valence-corrected chi connectivity index (χ2v) is 5.40. The minimum Gasteiger partial charge on any atom is -0.466 e. The van der Waals surface area contributed by atoms with E-state index in [9.17, 15) is 4.79 Å². The van der Waals surface area contributed by atoms with Crippen molar-refractivity contribution in [1.82, 2.24) is 14.5 Å². The SMILES string of the molecule is CCOC(=O)CC(c1cncn1C)N1CCCCCC1. The summed E-state index contributed by atoms with van der Waals surface area (Å²) in [6, 6.07) is 0.0830. The third-order valence-corrected chi connectivity index (χ3v) is 3.94. The smallest absolute Gasteiger partial charge is 0.307 e. The number of ether oxygens (including phenoxy) is 1. The van der Waals surface area contributed by atoms with Crippen molar-refractivity contribution < 1.29 is 9.53 Å². The van der Waals surface area contributed by atoms with Crippen molar-refractivity contribution in [2.75, 3.05) is 19.7 Å². The number of carbonyl (C=O) groups is 1. The van der Waals surface area contributed by atoms with Gasteiger partial charge in [-0.2, -0.15) is 0 Å². The van der Waals surface area contributed by atoms with E-state index in [-0.39, 0.29) is 12.0 Å². The minimum absolute atomic E-state index is 0.0830.